The number of hydrogen-bond donors (Lipinski definition) is 1. The molecular formula is C30H42N6O3. The lowest BCUT2D eigenvalue weighted by Gasteiger charge is -2.38. The Bertz CT molecular complexity index is 1200. The van der Waals surface area contributed by atoms with E-state index in [9.17, 15) is 4.79 Å². The minimum absolute atomic E-state index is 0.191. The number of piperazine rings is 1. The van der Waals surface area contributed by atoms with E-state index in [-0.39, 0.29) is 6.09 Å². The molecule has 9 nitrogen and oxygen atoms in total. The highest BCUT2D eigenvalue weighted by Gasteiger charge is 2.35. The van der Waals surface area contributed by atoms with Crippen molar-refractivity contribution in [2.24, 2.45) is 10.9 Å². The maximum Gasteiger partial charge on any atom is 0.410 e. The van der Waals surface area contributed by atoms with E-state index < -0.39 is 11.2 Å². The SMILES string of the molecule is CC(C)(C)OC(=O)N1CCN(CC2CCC(c3ccc(C4=Nc5c(N)ncnc5OC4(C)C)cc3)CC2)CC1. The molecular weight excluding hydrogens is 492 g/mol. The fraction of sp³-hybridized carbons (Fsp3) is 0.600. The van der Waals surface area contributed by atoms with Crippen molar-refractivity contribution in [2.45, 2.75) is 77.4 Å². The summed E-state index contributed by atoms with van der Waals surface area (Å²) >= 11 is 0. The Kier molecular flexibility index (Phi) is 7.55. The van der Waals surface area contributed by atoms with E-state index in [1.54, 1.807) is 0 Å². The van der Waals surface area contributed by atoms with Gasteiger partial charge in [-0.2, -0.15) is 4.98 Å². The second kappa shape index (κ2) is 10.8. The molecule has 0 unspecified atom stereocenters. The summed E-state index contributed by atoms with van der Waals surface area (Å²) in [5.41, 5.74) is 8.72. The largest absolute Gasteiger partial charge is 0.463 e. The van der Waals surface area contributed by atoms with Crippen LogP contribution in [0.15, 0.2) is 35.6 Å². The fourth-order valence-corrected chi connectivity index (χ4v) is 5.90. The van der Waals surface area contributed by atoms with Gasteiger partial charge in [-0.1, -0.05) is 24.3 Å². The van der Waals surface area contributed by atoms with Gasteiger partial charge in [0, 0.05) is 38.3 Å². The van der Waals surface area contributed by atoms with Crippen LogP contribution < -0.4 is 10.5 Å². The van der Waals surface area contributed by atoms with Crippen molar-refractivity contribution in [2.75, 3.05) is 38.5 Å². The van der Waals surface area contributed by atoms with E-state index in [0.29, 0.717) is 23.3 Å². The van der Waals surface area contributed by atoms with Crippen LogP contribution in [0.1, 0.15) is 77.3 Å². The van der Waals surface area contributed by atoms with Gasteiger partial charge in [-0.3, -0.25) is 4.90 Å². The number of rotatable bonds is 4. The van der Waals surface area contributed by atoms with Gasteiger partial charge in [-0.15, -0.1) is 0 Å². The molecule has 1 saturated carbocycles. The lowest BCUT2D eigenvalue weighted by molar-refractivity contribution is 0.0127. The lowest BCUT2D eigenvalue weighted by atomic mass is 9.78. The number of carbonyl (C=O) groups is 1. The first-order valence-electron chi connectivity index (χ1n) is 14.2. The first kappa shape index (κ1) is 27.4. The second-order valence-electron chi connectivity index (χ2n) is 12.6. The number of benzene rings is 1. The van der Waals surface area contributed by atoms with E-state index in [2.05, 4.69) is 39.1 Å². The summed E-state index contributed by atoms with van der Waals surface area (Å²) in [6, 6.07) is 8.80. The highest BCUT2D eigenvalue weighted by Crippen LogP contribution is 2.40. The Morgan fingerprint density at radius 1 is 1.05 bits per heavy atom. The third-order valence-corrected chi connectivity index (χ3v) is 8.01. The zero-order chi connectivity index (χ0) is 27.8. The minimum Gasteiger partial charge on any atom is -0.463 e. The Morgan fingerprint density at radius 2 is 1.72 bits per heavy atom. The molecule has 0 bridgehead atoms. The van der Waals surface area contributed by atoms with E-state index >= 15 is 0 Å². The molecule has 0 radical (unpaired) electrons. The number of hydrogen-bond acceptors (Lipinski definition) is 8. The fourth-order valence-electron chi connectivity index (χ4n) is 5.90. The molecule has 0 spiro atoms. The predicted molar refractivity (Wildman–Crippen MR) is 153 cm³/mol. The highest BCUT2D eigenvalue weighted by atomic mass is 16.6. The molecule has 5 rings (SSSR count). The Balaban J connectivity index is 1.13. The van der Waals surface area contributed by atoms with Crippen LogP contribution in [-0.4, -0.2) is 75.5 Å². The number of nitrogen functional groups attached to an aromatic ring is 1. The third kappa shape index (κ3) is 6.35. The molecule has 39 heavy (non-hydrogen) atoms. The van der Waals surface area contributed by atoms with Gasteiger partial charge < -0.3 is 20.1 Å². The number of aliphatic imine (C=N–C) groups is 1. The minimum atomic E-state index is -0.619. The molecule has 1 aliphatic carbocycles. The molecule has 1 amide bonds. The van der Waals surface area contributed by atoms with Gasteiger partial charge in [-0.05, 0) is 77.7 Å². The number of ether oxygens (including phenoxy) is 2. The Hall–Kier alpha value is -3.20. The first-order valence-corrected chi connectivity index (χ1v) is 14.2. The molecule has 3 aliphatic rings. The number of anilines is 1. The van der Waals surface area contributed by atoms with Crippen LogP contribution in [0.25, 0.3) is 0 Å². The predicted octanol–water partition coefficient (Wildman–Crippen LogP) is 5.18. The van der Waals surface area contributed by atoms with Crippen LogP contribution in [0, 0.1) is 5.92 Å². The van der Waals surface area contributed by atoms with Gasteiger partial charge >= 0.3 is 6.09 Å². The third-order valence-electron chi connectivity index (χ3n) is 8.01. The Labute approximate surface area is 231 Å². The van der Waals surface area contributed by atoms with Crippen molar-refractivity contribution >= 4 is 23.3 Å². The summed E-state index contributed by atoms with van der Waals surface area (Å²) < 4.78 is 11.7. The molecule has 0 atom stereocenters. The topological polar surface area (TPSA) is 106 Å². The van der Waals surface area contributed by atoms with Gasteiger partial charge in [0.1, 0.15) is 17.5 Å². The van der Waals surface area contributed by atoms with Crippen molar-refractivity contribution in [1.29, 1.82) is 0 Å². The molecule has 9 heteroatoms. The number of nitrogens with zero attached hydrogens (tertiary/aromatic N) is 5. The van der Waals surface area contributed by atoms with Crippen LogP contribution in [0.2, 0.25) is 0 Å². The number of fused-ring (bicyclic) bond motifs is 1. The van der Waals surface area contributed by atoms with Gasteiger partial charge in [-0.25, -0.2) is 14.8 Å². The molecule has 2 aliphatic heterocycles. The molecule has 2 fully saturated rings. The zero-order valence-electron chi connectivity index (χ0n) is 23.9. The summed E-state index contributed by atoms with van der Waals surface area (Å²) in [7, 11) is 0. The normalized spacial score (nSPS) is 23.4. The number of nitrogens with two attached hydrogens (primary N) is 1. The summed E-state index contributed by atoms with van der Waals surface area (Å²) in [5.74, 6) is 2.05. The second-order valence-corrected chi connectivity index (χ2v) is 12.6. The number of amides is 1. The van der Waals surface area contributed by atoms with Crippen LogP contribution >= 0.6 is 0 Å². The average Bonchev–Trinajstić information content (AvgIpc) is 2.88. The zero-order valence-corrected chi connectivity index (χ0v) is 23.9. The quantitative estimate of drug-likeness (QED) is 0.576. The first-order chi connectivity index (χ1) is 18.5. The Morgan fingerprint density at radius 3 is 2.36 bits per heavy atom. The monoisotopic (exact) mass is 534 g/mol. The van der Waals surface area contributed by atoms with Crippen molar-refractivity contribution in [1.82, 2.24) is 19.8 Å². The van der Waals surface area contributed by atoms with E-state index in [4.69, 9.17) is 20.2 Å². The lowest BCUT2D eigenvalue weighted by Crippen LogP contribution is -2.51. The van der Waals surface area contributed by atoms with Crippen LogP contribution in [0.4, 0.5) is 16.3 Å². The van der Waals surface area contributed by atoms with Crippen molar-refractivity contribution in [3.63, 3.8) is 0 Å². The van der Waals surface area contributed by atoms with E-state index in [1.807, 2.05) is 39.5 Å². The standard InChI is InChI=1S/C30H42N6O3/c1-29(2,3)39-28(37)36-16-14-35(15-17-36)18-20-6-8-21(9-7-20)22-10-12-23(13-11-22)25-30(4,5)38-27-24(34-25)26(31)32-19-33-27/h10-13,19-21H,6-9,14-18H2,1-5H3,(H2,31,32,33). The van der Waals surface area contributed by atoms with Crippen LogP contribution in [0.5, 0.6) is 5.88 Å². The van der Waals surface area contributed by atoms with Gasteiger partial charge in [0.2, 0.25) is 5.88 Å². The summed E-state index contributed by atoms with van der Waals surface area (Å²) in [6.45, 7) is 14.2. The molecule has 2 N–H and O–H groups in total. The molecule has 210 valence electrons. The summed E-state index contributed by atoms with van der Waals surface area (Å²) in [6.07, 6.45) is 6.10. The molecule has 1 aromatic heterocycles. The number of carbonyl (C=O) groups excluding carboxylic acids is 1. The smallest absolute Gasteiger partial charge is 0.410 e. The molecule has 2 aromatic rings. The van der Waals surface area contributed by atoms with Crippen molar-refractivity contribution < 1.29 is 14.3 Å². The molecule has 1 saturated heterocycles. The molecule has 3 heterocycles. The molecule has 1 aromatic carbocycles. The summed E-state index contributed by atoms with van der Waals surface area (Å²) in [4.78, 5) is 29.8. The van der Waals surface area contributed by atoms with Gasteiger partial charge in [0.05, 0.1) is 5.71 Å². The van der Waals surface area contributed by atoms with Crippen LogP contribution in [0.3, 0.4) is 0 Å². The summed E-state index contributed by atoms with van der Waals surface area (Å²) in [5, 5.41) is 0. The van der Waals surface area contributed by atoms with E-state index in [1.165, 1.54) is 37.6 Å². The van der Waals surface area contributed by atoms with Crippen molar-refractivity contribution in [3.8, 4) is 5.88 Å². The maximum atomic E-state index is 12.3. The van der Waals surface area contributed by atoms with Crippen LogP contribution in [-0.2, 0) is 4.74 Å². The van der Waals surface area contributed by atoms with E-state index in [0.717, 1.165) is 49.9 Å². The van der Waals surface area contributed by atoms with Gasteiger partial charge in [0.15, 0.2) is 11.5 Å². The number of aromatic nitrogens is 2. The van der Waals surface area contributed by atoms with Crippen molar-refractivity contribution in [3.05, 3.63) is 41.7 Å². The maximum absolute atomic E-state index is 12.3. The highest BCUT2D eigenvalue weighted by molar-refractivity contribution is 6.09. The average molecular weight is 535 g/mol. The van der Waals surface area contributed by atoms with Gasteiger partial charge in [0.25, 0.3) is 0 Å².